The van der Waals surface area contributed by atoms with E-state index in [1.54, 1.807) is 12.2 Å². The van der Waals surface area contributed by atoms with Crippen molar-refractivity contribution in [1.82, 2.24) is 0 Å². The zero-order valence-electron chi connectivity index (χ0n) is 4.92. The highest BCUT2D eigenvalue weighted by Crippen LogP contribution is 2.12. The van der Waals surface area contributed by atoms with Gasteiger partial charge in [0.15, 0.2) is 0 Å². The first-order valence-electron chi connectivity index (χ1n) is 2.65. The first-order chi connectivity index (χ1) is 4.20. The maximum absolute atomic E-state index is 8.90. The van der Waals surface area contributed by atoms with E-state index in [9.17, 15) is 0 Å². The zero-order valence-corrected chi connectivity index (χ0v) is 5.74. The topological polar surface area (TPSA) is 20.2 Å². The number of hydrogen-bond donors (Lipinski definition) is 1. The van der Waals surface area contributed by atoms with Crippen LogP contribution in [0.3, 0.4) is 0 Å². The molecule has 1 radical (unpaired) electrons. The predicted octanol–water partition coefficient (Wildman–Crippen LogP) is 1.96. The third-order valence-corrected chi connectivity index (χ3v) is 1.58. The van der Waals surface area contributed by atoms with Crippen LogP contribution in [-0.4, -0.2) is 9.97 Å². The molecule has 9 heavy (non-hydrogen) atoms. The van der Waals surface area contributed by atoms with E-state index in [0.29, 0.717) is 12.2 Å². The summed E-state index contributed by atoms with van der Waals surface area (Å²) in [6, 6.07) is 0. The Hall–Kier alpha value is -0.630. The largest absolute Gasteiger partial charge is 0.512 e. The summed E-state index contributed by atoms with van der Waals surface area (Å²) in [5.41, 5.74) is 0.836. The Morgan fingerprint density at radius 1 is 1.56 bits per heavy atom. The van der Waals surface area contributed by atoms with Crippen LogP contribution in [-0.2, 0) is 0 Å². The molecule has 0 aromatic heterocycles. The van der Waals surface area contributed by atoms with Crippen molar-refractivity contribution in [2.24, 2.45) is 0 Å². The van der Waals surface area contributed by atoms with Gasteiger partial charge in [-0.1, -0.05) is 18.3 Å². The molecule has 0 aliphatic heterocycles. The summed E-state index contributed by atoms with van der Waals surface area (Å²) in [7, 11) is 0. The van der Waals surface area contributed by atoms with E-state index >= 15 is 0 Å². The van der Waals surface area contributed by atoms with Crippen molar-refractivity contribution in [2.75, 3.05) is 0 Å². The van der Waals surface area contributed by atoms with Crippen molar-refractivity contribution in [3.8, 4) is 0 Å². The molecule has 0 saturated carbocycles. The molecule has 1 N–H and O–H groups in total. The van der Waals surface area contributed by atoms with Crippen molar-refractivity contribution in [3.05, 3.63) is 30.4 Å². The first kappa shape index (κ1) is 6.49. The van der Waals surface area contributed by atoms with Crippen LogP contribution >= 0.6 is 12.2 Å². The summed E-state index contributed by atoms with van der Waals surface area (Å²) < 4.78 is 0. The van der Waals surface area contributed by atoms with Crippen molar-refractivity contribution < 1.29 is 5.11 Å². The minimum absolute atomic E-state index is 0.326. The minimum atomic E-state index is 0.326. The second-order valence-electron chi connectivity index (χ2n) is 1.95. The second-order valence-corrected chi connectivity index (χ2v) is 2.44. The molecule has 0 fully saturated rings. The van der Waals surface area contributed by atoms with Crippen molar-refractivity contribution >= 4 is 17.1 Å². The van der Waals surface area contributed by atoms with Crippen LogP contribution in [0.2, 0.25) is 0 Å². The molecule has 0 spiro atoms. The molecule has 0 aromatic carbocycles. The minimum Gasteiger partial charge on any atom is -0.512 e. The summed E-state index contributed by atoms with van der Waals surface area (Å²) in [5.74, 6) is 0.326. The Morgan fingerprint density at radius 3 is 2.67 bits per heavy atom. The van der Waals surface area contributed by atoms with E-state index in [0.717, 1.165) is 10.4 Å². The normalized spacial score (nSPS) is 19.0. The highest BCUT2D eigenvalue weighted by atomic mass is 32.1. The molecule has 1 nitrogen and oxygen atoms in total. The lowest BCUT2D eigenvalue weighted by molar-refractivity contribution is 0.405. The Labute approximate surface area is 59.7 Å². The van der Waals surface area contributed by atoms with Crippen LogP contribution in [0.4, 0.5) is 0 Å². The zero-order chi connectivity index (χ0) is 6.85. The molecule has 1 aliphatic carbocycles. The lowest BCUT2D eigenvalue weighted by atomic mass is 10.1. The van der Waals surface area contributed by atoms with Gasteiger partial charge in [-0.25, -0.2) is 0 Å². The fourth-order valence-electron chi connectivity index (χ4n) is 0.627. The fraction of sp³-hybridized carbons (Fsp3) is 0.143. The number of allylic oxidation sites excluding steroid dienone is 4. The molecule has 0 amide bonds. The first-order valence-corrected chi connectivity index (χ1v) is 3.06. The second kappa shape index (κ2) is 2.31. The summed E-state index contributed by atoms with van der Waals surface area (Å²) in [6.45, 7) is 3.68. The molecule has 0 atom stereocenters. The highest BCUT2D eigenvalue weighted by molar-refractivity contribution is 7.80. The van der Waals surface area contributed by atoms with Crippen LogP contribution in [0.15, 0.2) is 23.5 Å². The smallest absolute Gasteiger partial charge is 0.0975 e. The number of rotatable bonds is 0. The SMILES string of the molecule is [CH2]C1=CC=C(O)CC1=S. The van der Waals surface area contributed by atoms with Crippen LogP contribution in [0, 0.1) is 6.92 Å². The van der Waals surface area contributed by atoms with E-state index < -0.39 is 0 Å². The lowest BCUT2D eigenvalue weighted by Crippen LogP contribution is -2.02. The third kappa shape index (κ3) is 1.39. The van der Waals surface area contributed by atoms with Gasteiger partial charge in [0.2, 0.25) is 0 Å². The summed E-state index contributed by atoms with van der Waals surface area (Å²) in [4.78, 5) is 0.731. The number of aliphatic hydroxyl groups is 1. The van der Waals surface area contributed by atoms with Gasteiger partial charge in [-0.05, 0) is 18.6 Å². The van der Waals surface area contributed by atoms with Crippen molar-refractivity contribution in [2.45, 2.75) is 6.42 Å². The molecular formula is C7H7OS. The highest BCUT2D eigenvalue weighted by Gasteiger charge is 2.05. The van der Waals surface area contributed by atoms with E-state index in [2.05, 4.69) is 6.92 Å². The van der Waals surface area contributed by atoms with Gasteiger partial charge in [0.25, 0.3) is 0 Å². The Morgan fingerprint density at radius 2 is 2.22 bits per heavy atom. The molecule has 47 valence electrons. The van der Waals surface area contributed by atoms with Crippen LogP contribution in [0.25, 0.3) is 0 Å². The average Bonchev–Trinajstić information content (AvgIpc) is 1.80. The lowest BCUT2D eigenvalue weighted by Gasteiger charge is -2.06. The van der Waals surface area contributed by atoms with Crippen LogP contribution in [0.1, 0.15) is 6.42 Å². The van der Waals surface area contributed by atoms with E-state index in [1.807, 2.05) is 0 Å². The van der Waals surface area contributed by atoms with E-state index in [1.165, 1.54) is 0 Å². The van der Waals surface area contributed by atoms with Crippen LogP contribution in [0.5, 0.6) is 0 Å². The summed E-state index contributed by atoms with van der Waals surface area (Å²) in [5, 5.41) is 8.90. The third-order valence-electron chi connectivity index (χ3n) is 1.18. The maximum Gasteiger partial charge on any atom is 0.0975 e. The quantitative estimate of drug-likeness (QED) is 0.518. The molecule has 0 saturated heterocycles. The van der Waals surface area contributed by atoms with Gasteiger partial charge in [0, 0.05) is 11.3 Å². The van der Waals surface area contributed by atoms with Gasteiger partial charge in [-0.15, -0.1) is 0 Å². The molecule has 2 heteroatoms. The fourth-order valence-corrected chi connectivity index (χ4v) is 0.843. The number of hydrogen-bond acceptors (Lipinski definition) is 2. The van der Waals surface area contributed by atoms with Gasteiger partial charge in [-0.2, -0.15) is 0 Å². The number of thiocarbonyl (C=S) groups is 1. The maximum atomic E-state index is 8.90. The predicted molar refractivity (Wildman–Crippen MR) is 41.4 cm³/mol. The van der Waals surface area contributed by atoms with E-state index in [-0.39, 0.29) is 0 Å². The van der Waals surface area contributed by atoms with Crippen molar-refractivity contribution in [3.63, 3.8) is 0 Å². The standard InChI is InChI=1S/C7H7OS/c1-5-2-3-6(8)4-7(5)9/h2-3,8H,1,4H2. The van der Waals surface area contributed by atoms with Gasteiger partial charge < -0.3 is 5.11 Å². The van der Waals surface area contributed by atoms with Gasteiger partial charge >= 0.3 is 0 Å². The molecule has 0 heterocycles. The monoisotopic (exact) mass is 139 g/mol. The molecular weight excluding hydrogens is 132 g/mol. The van der Waals surface area contributed by atoms with Crippen molar-refractivity contribution in [1.29, 1.82) is 0 Å². The molecule has 0 bridgehead atoms. The Balaban J connectivity index is 2.86. The Kier molecular flexibility index (Phi) is 1.67. The molecule has 1 rings (SSSR count). The Bertz CT molecular complexity index is 201. The summed E-state index contributed by atoms with van der Waals surface area (Å²) >= 11 is 4.87. The average molecular weight is 139 g/mol. The van der Waals surface area contributed by atoms with E-state index in [4.69, 9.17) is 17.3 Å². The number of aliphatic hydroxyl groups excluding tert-OH is 1. The summed E-state index contributed by atoms with van der Waals surface area (Å²) in [6.07, 6.45) is 3.82. The van der Waals surface area contributed by atoms with Crippen LogP contribution < -0.4 is 0 Å². The molecule has 0 unspecified atom stereocenters. The van der Waals surface area contributed by atoms with Gasteiger partial charge in [0.05, 0.1) is 5.76 Å². The van der Waals surface area contributed by atoms with Gasteiger partial charge in [-0.3, -0.25) is 0 Å². The molecule has 0 aromatic rings. The van der Waals surface area contributed by atoms with Gasteiger partial charge in [0.1, 0.15) is 0 Å². The molecule has 1 aliphatic rings.